The van der Waals surface area contributed by atoms with E-state index in [2.05, 4.69) is 15.5 Å². The predicted molar refractivity (Wildman–Crippen MR) is 83.9 cm³/mol. The first-order chi connectivity index (χ1) is 9.75. The van der Waals surface area contributed by atoms with Crippen LogP contribution >= 0.6 is 0 Å². The average molecular weight is 283 g/mol. The highest BCUT2D eigenvalue weighted by Gasteiger charge is 2.01. The second-order valence-corrected chi connectivity index (χ2v) is 4.24. The van der Waals surface area contributed by atoms with Crippen molar-refractivity contribution in [2.45, 2.75) is 6.92 Å². The first-order valence-corrected chi connectivity index (χ1v) is 6.22. The van der Waals surface area contributed by atoms with Crippen molar-refractivity contribution < 1.29 is 10.3 Å². The highest BCUT2D eigenvalue weighted by molar-refractivity contribution is 5.94. The second-order valence-electron chi connectivity index (χ2n) is 4.24. The summed E-state index contributed by atoms with van der Waals surface area (Å²) < 4.78 is 0. The van der Waals surface area contributed by atoms with Gasteiger partial charge in [0.05, 0.1) is 11.8 Å². The highest BCUT2D eigenvalue weighted by atomic mass is 16.2. The number of hydrogen-bond acceptors (Lipinski definition) is 3. The van der Waals surface area contributed by atoms with Crippen molar-refractivity contribution in [1.82, 2.24) is 10.4 Å². The molecule has 0 fully saturated rings. The summed E-state index contributed by atoms with van der Waals surface area (Å²) >= 11 is 0. The molecular weight excluding hydrogens is 266 g/mol. The Bertz CT molecular complexity index is 622. The second kappa shape index (κ2) is 8.39. The maximum Gasteiger partial charge on any atom is 0.272 e. The fraction of sp³-hybridized carbons (Fsp3) is 0.0625. The van der Waals surface area contributed by atoms with Crippen LogP contribution in [0, 0.1) is 0 Å². The van der Waals surface area contributed by atoms with Gasteiger partial charge in [-0.1, -0.05) is 36.4 Å². The van der Waals surface area contributed by atoms with Crippen LogP contribution in [0.4, 0.5) is 0 Å². The maximum absolute atomic E-state index is 11.7. The summed E-state index contributed by atoms with van der Waals surface area (Å²) in [4.78, 5) is 15.6. The molecule has 0 saturated heterocycles. The molecule has 0 atom stereocenters. The minimum atomic E-state index is -0.276. The Morgan fingerprint density at radius 1 is 1.19 bits per heavy atom. The van der Waals surface area contributed by atoms with Crippen LogP contribution in [0.1, 0.15) is 22.8 Å². The van der Waals surface area contributed by atoms with E-state index in [1.54, 1.807) is 24.5 Å². The number of nitrogens with zero attached hydrogens (tertiary/aromatic N) is 2. The third kappa shape index (κ3) is 5.38. The molecule has 21 heavy (non-hydrogen) atoms. The first-order valence-electron chi connectivity index (χ1n) is 6.22. The number of hydrogen-bond donors (Lipinski definition) is 1. The fourth-order valence-electron chi connectivity index (χ4n) is 1.60. The lowest BCUT2D eigenvalue weighted by Gasteiger charge is -1.98. The smallest absolute Gasteiger partial charge is 0.272 e. The molecule has 3 N–H and O–H groups in total. The van der Waals surface area contributed by atoms with Gasteiger partial charge >= 0.3 is 0 Å². The van der Waals surface area contributed by atoms with Gasteiger partial charge in [0.25, 0.3) is 5.91 Å². The summed E-state index contributed by atoms with van der Waals surface area (Å²) in [6, 6.07) is 13.3. The van der Waals surface area contributed by atoms with Crippen LogP contribution in [0.5, 0.6) is 0 Å². The molecule has 0 unspecified atom stereocenters. The van der Waals surface area contributed by atoms with Crippen LogP contribution < -0.4 is 5.43 Å². The zero-order valence-corrected chi connectivity index (χ0v) is 11.7. The molecule has 1 heterocycles. The van der Waals surface area contributed by atoms with Gasteiger partial charge in [-0.05, 0) is 30.2 Å². The van der Waals surface area contributed by atoms with Gasteiger partial charge in [-0.3, -0.25) is 9.78 Å². The van der Waals surface area contributed by atoms with Crippen molar-refractivity contribution in [1.29, 1.82) is 0 Å². The molecule has 2 aromatic rings. The van der Waals surface area contributed by atoms with E-state index < -0.39 is 0 Å². The first kappa shape index (κ1) is 16.3. The van der Waals surface area contributed by atoms with Gasteiger partial charge in [-0.2, -0.15) is 5.10 Å². The Labute approximate surface area is 123 Å². The molecule has 2 rings (SSSR count). The number of hydrazone groups is 1. The average Bonchev–Trinajstić information content (AvgIpc) is 2.49. The third-order valence-electron chi connectivity index (χ3n) is 2.55. The molecule has 1 aromatic heterocycles. The van der Waals surface area contributed by atoms with E-state index in [4.69, 9.17) is 0 Å². The Kier molecular flexibility index (Phi) is 6.50. The van der Waals surface area contributed by atoms with Gasteiger partial charge < -0.3 is 5.48 Å². The number of allylic oxidation sites excluding steroid dienone is 1. The number of amides is 1. The number of aromatic nitrogens is 1. The summed E-state index contributed by atoms with van der Waals surface area (Å²) in [5.41, 5.74) is 4.99. The number of benzene rings is 1. The van der Waals surface area contributed by atoms with Crippen molar-refractivity contribution in [3.63, 3.8) is 0 Å². The van der Waals surface area contributed by atoms with Gasteiger partial charge in [-0.15, -0.1) is 0 Å². The SMILES string of the molecule is CC(/C=N/NC(=O)c1cccnc1)=C\c1ccccc1.O. The zero-order valence-electron chi connectivity index (χ0n) is 11.7. The Morgan fingerprint density at radius 3 is 2.62 bits per heavy atom. The molecule has 0 aliphatic heterocycles. The van der Waals surface area contributed by atoms with Crippen LogP contribution in [-0.4, -0.2) is 22.6 Å². The molecule has 108 valence electrons. The van der Waals surface area contributed by atoms with Crippen molar-refractivity contribution in [3.8, 4) is 0 Å². The van der Waals surface area contributed by atoms with E-state index in [9.17, 15) is 4.79 Å². The van der Waals surface area contributed by atoms with Crippen molar-refractivity contribution >= 4 is 18.2 Å². The van der Waals surface area contributed by atoms with Crippen molar-refractivity contribution in [2.24, 2.45) is 5.10 Å². The summed E-state index contributed by atoms with van der Waals surface area (Å²) in [5, 5.41) is 3.92. The molecule has 0 spiro atoms. The largest absolute Gasteiger partial charge is 0.412 e. The lowest BCUT2D eigenvalue weighted by molar-refractivity contribution is 0.0955. The molecular formula is C16H17N3O2. The van der Waals surface area contributed by atoms with Gasteiger partial charge in [0, 0.05) is 12.4 Å². The van der Waals surface area contributed by atoms with Crippen LogP contribution in [0.15, 0.2) is 65.5 Å². The number of nitrogens with one attached hydrogen (secondary N) is 1. The zero-order chi connectivity index (χ0) is 14.2. The van der Waals surface area contributed by atoms with Gasteiger partial charge in [0.1, 0.15) is 0 Å². The third-order valence-corrected chi connectivity index (χ3v) is 2.55. The Balaban J connectivity index is 0.00000220. The summed E-state index contributed by atoms with van der Waals surface area (Å²) in [6.07, 6.45) is 6.71. The topological polar surface area (TPSA) is 85.8 Å². The van der Waals surface area contributed by atoms with E-state index >= 15 is 0 Å². The lowest BCUT2D eigenvalue weighted by Crippen LogP contribution is -2.17. The highest BCUT2D eigenvalue weighted by Crippen LogP contribution is 2.04. The molecule has 5 heteroatoms. The number of carbonyl (C=O) groups excluding carboxylic acids is 1. The standard InChI is InChI=1S/C16H15N3O.H2O/c1-13(10-14-6-3-2-4-7-14)11-18-19-16(20)15-8-5-9-17-12-15;/h2-12H,1H3,(H,19,20);1H2/b13-10+,18-11+;. The number of rotatable bonds is 4. The molecule has 1 aromatic carbocycles. The van der Waals surface area contributed by atoms with Crippen LogP contribution in [0.2, 0.25) is 0 Å². The molecule has 0 saturated carbocycles. The molecule has 1 amide bonds. The van der Waals surface area contributed by atoms with E-state index in [-0.39, 0.29) is 11.4 Å². The van der Waals surface area contributed by atoms with Crippen LogP contribution in [0.25, 0.3) is 6.08 Å². The monoisotopic (exact) mass is 283 g/mol. The predicted octanol–water partition coefficient (Wildman–Crippen LogP) is 2.08. The van der Waals surface area contributed by atoms with E-state index in [0.29, 0.717) is 5.56 Å². The molecule has 0 aliphatic rings. The molecule has 5 nitrogen and oxygen atoms in total. The van der Waals surface area contributed by atoms with E-state index in [1.807, 2.05) is 43.3 Å². The summed E-state index contributed by atoms with van der Waals surface area (Å²) in [6.45, 7) is 1.92. The van der Waals surface area contributed by atoms with E-state index in [0.717, 1.165) is 11.1 Å². The van der Waals surface area contributed by atoms with E-state index in [1.165, 1.54) is 6.20 Å². The molecule has 0 aliphatic carbocycles. The number of pyridine rings is 1. The lowest BCUT2D eigenvalue weighted by atomic mass is 10.1. The maximum atomic E-state index is 11.7. The van der Waals surface area contributed by atoms with Gasteiger partial charge in [0.2, 0.25) is 0 Å². The summed E-state index contributed by atoms with van der Waals surface area (Å²) in [5.74, 6) is -0.276. The minimum absolute atomic E-state index is 0. The molecule has 0 bridgehead atoms. The summed E-state index contributed by atoms with van der Waals surface area (Å²) in [7, 11) is 0. The molecule has 0 radical (unpaired) electrons. The van der Waals surface area contributed by atoms with Gasteiger partial charge in [-0.25, -0.2) is 5.43 Å². The Hall–Kier alpha value is -2.79. The van der Waals surface area contributed by atoms with Crippen molar-refractivity contribution in [2.75, 3.05) is 0 Å². The fourth-order valence-corrected chi connectivity index (χ4v) is 1.60. The van der Waals surface area contributed by atoms with Crippen molar-refractivity contribution in [3.05, 3.63) is 71.6 Å². The Morgan fingerprint density at radius 2 is 1.95 bits per heavy atom. The quantitative estimate of drug-likeness (QED) is 0.688. The van der Waals surface area contributed by atoms with Crippen LogP contribution in [-0.2, 0) is 0 Å². The van der Waals surface area contributed by atoms with Gasteiger partial charge in [0.15, 0.2) is 0 Å². The minimum Gasteiger partial charge on any atom is -0.412 e. The number of carbonyl (C=O) groups is 1. The normalized spacial score (nSPS) is 11.0. The van der Waals surface area contributed by atoms with Crippen LogP contribution in [0.3, 0.4) is 0 Å².